The van der Waals surface area contributed by atoms with Crippen LogP contribution in [0.1, 0.15) is 26.2 Å². The molecule has 2 unspecified atom stereocenters. The van der Waals surface area contributed by atoms with E-state index in [0.29, 0.717) is 6.42 Å². The number of nitrogens with one attached hydrogen (secondary N) is 1. The van der Waals surface area contributed by atoms with Crippen molar-refractivity contribution in [3.63, 3.8) is 0 Å². The van der Waals surface area contributed by atoms with Crippen molar-refractivity contribution in [3.8, 4) is 0 Å². The molecule has 3 N–H and O–H groups in total. The zero-order valence-electron chi connectivity index (χ0n) is 10.2. The number of amides is 1. The molecule has 0 radical (unpaired) electrons. The molecule has 1 saturated carbocycles. The lowest BCUT2D eigenvalue weighted by Gasteiger charge is -2.27. The van der Waals surface area contributed by atoms with Crippen molar-refractivity contribution in [2.24, 2.45) is 11.1 Å². The lowest BCUT2D eigenvalue weighted by Crippen LogP contribution is -2.44. The number of hydrogen-bond donors (Lipinski definition) is 2. The summed E-state index contributed by atoms with van der Waals surface area (Å²) in [5.74, 6) is -2.15. The minimum absolute atomic E-state index is 0.192. The first-order valence-corrected chi connectivity index (χ1v) is 5.95. The van der Waals surface area contributed by atoms with Gasteiger partial charge in [0.05, 0.1) is 5.41 Å². The van der Waals surface area contributed by atoms with Gasteiger partial charge in [0.2, 0.25) is 5.91 Å². The number of carbonyl (C=O) groups is 1. The van der Waals surface area contributed by atoms with E-state index in [-0.39, 0.29) is 17.6 Å². The van der Waals surface area contributed by atoms with Crippen LogP contribution < -0.4 is 11.1 Å². The fourth-order valence-corrected chi connectivity index (χ4v) is 2.32. The number of anilines is 1. The first-order valence-electron chi connectivity index (χ1n) is 5.95. The summed E-state index contributed by atoms with van der Waals surface area (Å²) in [6.45, 7) is 1.81. The molecule has 1 aromatic rings. The van der Waals surface area contributed by atoms with E-state index in [0.717, 1.165) is 25.0 Å². The summed E-state index contributed by atoms with van der Waals surface area (Å²) >= 11 is 0. The first kappa shape index (κ1) is 13.0. The first-order chi connectivity index (χ1) is 8.43. The smallest absolute Gasteiger partial charge is 0.231 e. The molecule has 1 aliphatic carbocycles. The highest BCUT2D eigenvalue weighted by atomic mass is 19.2. The molecule has 0 aliphatic heterocycles. The Kier molecular flexibility index (Phi) is 3.34. The van der Waals surface area contributed by atoms with Crippen LogP contribution in [0, 0.1) is 17.0 Å². The molecule has 3 nitrogen and oxygen atoms in total. The van der Waals surface area contributed by atoms with E-state index in [9.17, 15) is 13.6 Å². The molecule has 0 saturated heterocycles. The second kappa shape index (κ2) is 4.65. The standard InChI is InChI=1S/C13H16F2N2O/c1-13(6-2-3-11(13)16)12(18)17-8-4-5-9(14)10(15)7-8/h4-5,7,11H,2-3,6,16H2,1H3,(H,17,18). The molecule has 98 valence electrons. The van der Waals surface area contributed by atoms with Gasteiger partial charge >= 0.3 is 0 Å². The van der Waals surface area contributed by atoms with Crippen molar-refractivity contribution in [2.75, 3.05) is 5.32 Å². The Morgan fingerprint density at radius 3 is 2.72 bits per heavy atom. The quantitative estimate of drug-likeness (QED) is 0.851. The van der Waals surface area contributed by atoms with Gasteiger partial charge in [-0.2, -0.15) is 0 Å². The van der Waals surface area contributed by atoms with Crippen molar-refractivity contribution >= 4 is 11.6 Å². The fourth-order valence-electron chi connectivity index (χ4n) is 2.32. The molecule has 1 fully saturated rings. The third-order valence-corrected chi connectivity index (χ3v) is 3.73. The molecule has 5 heteroatoms. The summed E-state index contributed by atoms with van der Waals surface area (Å²) in [4.78, 5) is 12.1. The Morgan fingerprint density at radius 2 is 2.17 bits per heavy atom. The summed E-state index contributed by atoms with van der Waals surface area (Å²) in [6.07, 6.45) is 2.42. The Bertz CT molecular complexity index is 478. The van der Waals surface area contributed by atoms with Crippen molar-refractivity contribution in [1.82, 2.24) is 0 Å². The average Bonchev–Trinajstić information content (AvgIpc) is 2.66. The maximum atomic E-state index is 13.0. The topological polar surface area (TPSA) is 55.1 Å². The molecule has 0 spiro atoms. The monoisotopic (exact) mass is 254 g/mol. The summed E-state index contributed by atoms with van der Waals surface area (Å²) in [7, 11) is 0. The highest BCUT2D eigenvalue weighted by Crippen LogP contribution is 2.37. The lowest BCUT2D eigenvalue weighted by molar-refractivity contribution is -0.125. The molecular weight excluding hydrogens is 238 g/mol. The van der Waals surface area contributed by atoms with Crippen LogP contribution in [0.3, 0.4) is 0 Å². The molecule has 18 heavy (non-hydrogen) atoms. The van der Waals surface area contributed by atoms with Gasteiger partial charge in [-0.3, -0.25) is 4.79 Å². The predicted octanol–water partition coefficient (Wildman–Crippen LogP) is 2.42. The minimum atomic E-state index is -0.978. The second-order valence-electron chi connectivity index (χ2n) is 5.00. The van der Waals surface area contributed by atoms with Crippen molar-refractivity contribution < 1.29 is 13.6 Å². The number of halogens is 2. The van der Waals surface area contributed by atoms with Crippen LogP contribution >= 0.6 is 0 Å². The zero-order chi connectivity index (χ0) is 13.3. The van der Waals surface area contributed by atoms with Crippen LogP contribution in [0.25, 0.3) is 0 Å². The average molecular weight is 254 g/mol. The van der Waals surface area contributed by atoms with E-state index < -0.39 is 17.0 Å². The van der Waals surface area contributed by atoms with Gasteiger partial charge < -0.3 is 11.1 Å². The number of rotatable bonds is 2. The Balaban J connectivity index is 2.14. The Hall–Kier alpha value is -1.49. The third-order valence-electron chi connectivity index (χ3n) is 3.73. The van der Waals surface area contributed by atoms with Crippen LogP contribution in [-0.4, -0.2) is 11.9 Å². The van der Waals surface area contributed by atoms with E-state index in [1.807, 2.05) is 0 Å². The van der Waals surface area contributed by atoms with Crippen LogP contribution in [0.4, 0.5) is 14.5 Å². The SMILES string of the molecule is CC1(C(=O)Nc2ccc(F)c(F)c2)CCCC1N. The van der Waals surface area contributed by atoms with Gasteiger partial charge in [-0.15, -0.1) is 0 Å². The van der Waals surface area contributed by atoms with Gasteiger partial charge in [0, 0.05) is 17.8 Å². The maximum Gasteiger partial charge on any atom is 0.231 e. The maximum absolute atomic E-state index is 13.0. The molecule has 2 atom stereocenters. The number of nitrogens with two attached hydrogens (primary N) is 1. The summed E-state index contributed by atoms with van der Waals surface area (Å²) in [5, 5.41) is 2.60. The van der Waals surface area contributed by atoms with Gasteiger partial charge in [-0.1, -0.05) is 6.42 Å². The molecule has 0 aromatic heterocycles. The molecule has 1 amide bonds. The fraction of sp³-hybridized carbons (Fsp3) is 0.462. The Labute approximate surface area is 104 Å². The van der Waals surface area contributed by atoms with E-state index in [4.69, 9.17) is 5.73 Å². The number of hydrogen-bond acceptors (Lipinski definition) is 2. The molecule has 0 bridgehead atoms. The molecule has 1 aliphatic rings. The van der Waals surface area contributed by atoms with Crippen LogP contribution in [0.5, 0.6) is 0 Å². The summed E-state index contributed by atoms with van der Waals surface area (Å²) in [5.41, 5.74) is 5.54. The second-order valence-corrected chi connectivity index (χ2v) is 5.00. The van der Waals surface area contributed by atoms with E-state index in [1.165, 1.54) is 6.07 Å². The van der Waals surface area contributed by atoms with Crippen LogP contribution in [0.2, 0.25) is 0 Å². The van der Waals surface area contributed by atoms with Crippen LogP contribution in [0.15, 0.2) is 18.2 Å². The van der Waals surface area contributed by atoms with Gasteiger partial charge in [-0.05, 0) is 31.9 Å². The highest BCUT2D eigenvalue weighted by molar-refractivity contribution is 5.95. The Morgan fingerprint density at radius 1 is 1.44 bits per heavy atom. The largest absolute Gasteiger partial charge is 0.327 e. The van der Waals surface area contributed by atoms with E-state index in [1.54, 1.807) is 6.92 Å². The van der Waals surface area contributed by atoms with Crippen molar-refractivity contribution in [3.05, 3.63) is 29.8 Å². The zero-order valence-corrected chi connectivity index (χ0v) is 10.2. The minimum Gasteiger partial charge on any atom is -0.327 e. The van der Waals surface area contributed by atoms with Crippen LogP contribution in [-0.2, 0) is 4.79 Å². The lowest BCUT2D eigenvalue weighted by atomic mass is 9.84. The molecule has 0 heterocycles. The number of carbonyl (C=O) groups excluding carboxylic acids is 1. The molecule has 1 aromatic carbocycles. The van der Waals surface area contributed by atoms with Crippen molar-refractivity contribution in [1.29, 1.82) is 0 Å². The molecule has 2 rings (SSSR count). The number of benzene rings is 1. The summed E-state index contributed by atoms with van der Waals surface area (Å²) in [6, 6.07) is 3.10. The van der Waals surface area contributed by atoms with Gasteiger partial charge in [0.1, 0.15) is 0 Å². The van der Waals surface area contributed by atoms with E-state index in [2.05, 4.69) is 5.32 Å². The van der Waals surface area contributed by atoms with E-state index >= 15 is 0 Å². The third kappa shape index (κ3) is 2.22. The van der Waals surface area contributed by atoms with Gasteiger partial charge in [0.25, 0.3) is 0 Å². The normalized spacial score (nSPS) is 27.2. The van der Waals surface area contributed by atoms with Crippen molar-refractivity contribution in [2.45, 2.75) is 32.2 Å². The van der Waals surface area contributed by atoms with Gasteiger partial charge in [-0.25, -0.2) is 8.78 Å². The van der Waals surface area contributed by atoms with Gasteiger partial charge in [0.15, 0.2) is 11.6 Å². The summed E-state index contributed by atoms with van der Waals surface area (Å²) < 4.78 is 25.8. The molecular formula is C13H16F2N2O. The predicted molar refractivity (Wildman–Crippen MR) is 64.9 cm³/mol. The highest BCUT2D eigenvalue weighted by Gasteiger charge is 2.42.